The van der Waals surface area contributed by atoms with Gasteiger partial charge in [0.05, 0.1) is 6.10 Å². The first kappa shape index (κ1) is 23.0. The van der Waals surface area contributed by atoms with Crippen molar-refractivity contribution in [2.45, 2.75) is 96.9 Å². The molecule has 180 valence electrons. The quantitative estimate of drug-likeness (QED) is 0.479. The second kappa shape index (κ2) is 8.15. The molecule has 0 spiro atoms. The van der Waals surface area contributed by atoms with Crippen LogP contribution in [0, 0.1) is 46.3 Å². The summed E-state index contributed by atoms with van der Waals surface area (Å²) < 4.78 is 11.3. The van der Waals surface area contributed by atoms with Crippen LogP contribution in [0.5, 0.6) is 0 Å². The van der Waals surface area contributed by atoms with Crippen molar-refractivity contribution in [2.24, 2.45) is 46.3 Å². The lowest BCUT2D eigenvalue weighted by Crippen LogP contribution is -2.57. The van der Waals surface area contributed by atoms with Crippen LogP contribution in [0.25, 0.3) is 0 Å². The van der Waals surface area contributed by atoms with Gasteiger partial charge >= 0.3 is 11.9 Å². The van der Waals surface area contributed by atoms with Gasteiger partial charge in [0.15, 0.2) is 0 Å². The molecule has 5 nitrogen and oxygen atoms in total. The standard InChI is InChI=1S/C26H39ClO5/c1-14(31-24(30)13-27)19-4-5-20-18-10-16-11-23(29)26(21(18)7-8-25(19,20)3)9-6-17(12-22(16)26)32-15(2)28/h14,16-23,29H,4-13H2,1-3H3/t14-,16?,17-,18-,19+,20-,21-,22?,23-,25+,26-/m0/s1. The Labute approximate surface area is 196 Å². The van der Waals surface area contributed by atoms with Crippen molar-refractivity contribution in [3.05, 3.63) is 0 Å². The van der Waals surface area contributed by atoms with Crippen molar-refractivity contribution in [1.29, 1.82) is 0 Å². The minimum absolute atomic E-state index is 0.0142. The van der Waals surface area contributed by atoms with Gasteiger partial charge < -0.3 is 14.6 Å². The van der Waals surface area contributed by atoms with E-state index in [0.717, 1.165) is 44.9 Å². The third-order valence-corrected chi connectivity index (χ3v) is 11.1. The predicted molar refractivity (Wildman–Crippen MR) is 121 cm³/mol. The van der Waals surface area contributed by atoms with Crippen molar-refractivity contribution < 1.29 is 24.2 Å². The summed E-state index contributed by atoms with van der Waals surface area (Å²) in [7, 11) is 0. The molecule has 0 aromatic carbocycles. The molecule has 5 rings (SSSR count). The first-order chi connectivity index (χ1) is 15.2. The molecule has 5 fully saturated rings. The van der Waals surface area contributed by atoms with E-state index in [1.54, 1.807) is 0 Å². The van der Waals surface area contributed by atoms with Crippen molar-refractivity contribution in [3.8, 4) is 0 Å². The number of aliphatic hydroxyl groups is 1. The monoisotopic (exact) mass is 466 g/mol. The molecular formula is C26H39ClO5. The molecule has 2 bridgehead atoms. The number of fused-ring (bicyclic) bond motifs is 3. The zero-order valence-electron chi connectivity index (χ0n) is 19.7. The van der Waals surface area contributed by atoms with Gasteiger partial charge in [-0.15, -0.1) is 11.6 Å². The average molecular weight is 467 g/mol. The van der Waals surface area contributed by atoms with Gasteiger partial charge in [0.25, 0.3) is 0 Å². The molecule has 0 amide bonds. The highest BCUT2D eigenvalue weighted by atomic mass is 35.5. The summed E-state index contributed by atoms with van der Waals surface area (Å²) in [5.41, 5.74) is 0.205. The van der Waals surface area contributed by atoms with Gasteiger partial charge in [-0.2, -0.15) is 0 Å². The Hall–Kier alpha value is -0.810. The number of halogens is 1. The van der Waals surface area contributed by atoms with Gasteiger partial charge in [0.1, 0.15) is 18.1 Å². The summed E-state index contributed by atoms with van der Waals surface area (Å²) in [6, 6.07) is 0. The molecule has 0 heterocycles. The first-order valence-corrected chi connectivity index (χ1v) is 13.3. The topological polar surface area (TPSA) is 72.8 Å². The Balaban J connectivity index is 1.38. The van der Waals surface area contributed by atoms with E-state index in [2.05, 4.69) is 6.92 Å². The smallest absolute Gasteiger partial charge is 0.321 e. The van der Waals surface area contributed by atoms with E-state index in [0.29, 0.717) is 35.5 Å². The minimum Gasteiger partial charge on any atom is -0.463 e. The second-order valence-corrected chi connectivity index (χ2v) is 12.2. The van der Waals surface area contributed by atoms with Crippen LogP contribution in [0.3, 0.4) is 0 Å². The summed E-state index contributed by atoms with van der Waals surface area (Å²) in [4.78, 5) is 23.4. The molecule has 11 atom stereocenters. The van der Waals surface area contributed by atoms with Crippen molar-refractivity contribution in [1.82, 2.24) is 0 Å². The Kier molecular flexibility index (Phi) is 5.84. The van der Waals surface area contributed by atoms with E-state index in [1.807, 2.05) is 6.92 Å². The number of ether oxygens (including phenoxy) is 2. The van der Waals surface area contributed by atoms with E-state index < -0.39 is 0 Å². The number of esters is 2. The number of aliphatic hydroxyl groups excluding tert-OH is 1. The molecule has 1 N–H and O–H groups in total. The number of hydrogen-bond acceptors (Lipinski definition) is 5. The van der Waals surface area contributed by atoms with Crippen molar-refractivity contribution in [2.75, 3.05) is 5.88 Å². The fraction of sp³-hybridized carbons (Fsp3) is 0.923. The first-order valence-electron chi connectivity index (χ1n) is 12.8. The zero-order chi connectivity index (χ0) is 22.8. The molecule has 5 saturated carbocycles. The van der Waals surface area contributed by atoms with Crippen LogP contribution in [0.2, 0.25) is 0 Å². The Morgan fingerprint density at radius 2 is 1.84 bits per heavy atom. The van der Waals surface area contributed by atoms with Gasteiger partial charge in [-0.1, -0.05) is 6.92 Å². The maximum Gasteiger partial charge on any atom is 0.321 e. The highest BCUT2D eigenvalue weighted by Crippen LogP contribution is 2.73. The van der Waals surface area contributed by atoms with Crippen molar-refractivity contribution in [3.63, 3.8) is 0 Å². The highest BCUT2D eigenvalue weighted by Gasteiger charge is 2.69. The zero-order valence-corrected chi connectivity index (χ0v) is 20.5. The number of carbonyl (C=O) groups is 2. The molecule has 6 heteroatoms. The Bertz CT molecular complexity index is 771. The van der Waals surface area contributed by atoms with Gasteiger partial charge in [0, 0.05) is 18.3 Å². The van der Waals surface area contributed by atoms with Crippen molar-refractivity contribution >= 4 is 23.5 Å². The van der Waals surface area contributed by atoms with E-state index in [4.69, 9.17) is 21.1 Å². The maximum absolute atomic E-state index is 11.8. The van der Waals surface area contributed by atoms with Crippen LogP contribution in [-0.2, 0) is 19.1 Å². The molecule has 5 aliphatic carbocycles. The molecule has 0 saturated heterocycles. The van der Waals surface area contributed by atoms with Crippen LogP contribution in [-0.4, -0.2) is 41.2 Å². The summed E-state index contributed by atoms with van der Waals surface area (Å²) in [6.45, 7) is 6.00. The van der Waals surface area contributed by atoms with Gasteiger partial charge in [0.2, 0.25) is 0 Å². The van der Waals surface area contributed by atoms with Crippen LogP contribution in [0.15, 0.2) is 0 Å². The van der Waals surface area contributed by atoms with Gasteiger partial charge in [-0.25, -0.2) is 0 Å². The van der Waals surface area contributed by atoms with E-state index in [-0.39, 0.29) is 47.0 Å². The fourth-order valence-electron chi connectivity index (χ4n) is 10.0. The summed E-state index contributed by atoms with van der Waals surface area (Å²) in [5.74, 6) is 2.69. The predicted octanol–water partition coefficient (Wildman–Crippen LogP) is 4.72. The molecule has 32 heavy (non-hydrogen) atoms. The number of carbonyl (C=O) groups excluding carboxylic acids is 2. The molecule has 5 aliphatic rings. The maximum atomic E-state index is 11.8. The molecule has 0 aromatic heterocycles. The summed E-state index contributed by atoms with van der Waals surface area (Å²) in [5, 5.41) is 11.4. The van der Waals surface area contributed by atoms with Crippen LogP contribution < -0.4 is 0 Å². The molecule has 0 radical (unpaired) electrons. The van der Waals surface area contributed by atoms with Gasteiger partial charge in [-0.3, -0.25) is 9.59 Å². The second-order valence-electron chi connectivity index (χ2n) is 11.9. The average Bonchev–Trinajstić information content (AvgIpc) is 3.19. The largest absolute Gasteiger partial charge is 0.463 e. The molecule has 0 aromatic rings. The number of alkyl halides is 1. The normalized spacial score (nSPS) is 50.0. The highest BCUT2D eigenvalue weighted by molar-refractivity contribution is 6.26. The Morgan fingerprint density at radius 1 is 1.06 bits per heavy atom. The lowest BCUT2D eigenvalue weighted by Gasteiger charge is -2.61. The summed E-state index contributed by atoms with van der Waals surface area (Å²) >= 11 is 5.70. The van der Waals surface area contributed by atoms with E-state index >= 15 is 0 Å². The third kappa shape index (κ3) is 3.27. The lowest BCUT2D eigenvalue weighted by molar-refractivity contribution is -0.176. The van der Waals surface area contributed by atoms with Crippen LogP contribution >= 0.6 is 11.6 Å². The molecule has 0 aliphatic heterocycles. The van der Waals surface area contributed by atoms with E-state index in [1.165, 1.54) is 19.8 Å². The van der Waals surface area contributed by atoms with E-state index in [9.17, 15) is 14.7 Å². The SMILES string of the molecule is CC(=O)O[C@H]1CC[C@@]23C(C1)C(C[C@H]1[C@@H]4CC[C@H]([C@H](C)OC(=O)CCl)[C@@]4(C)CC[C@@H]12)C[C@@H]3O. The number of rotatable bonds is 4. The fourth-order valence-corrected chi connectivity index (χ4v) is 10.1. The summed E-state index contributed by atoms with van der Waals surface area (Å²) in [6.07, 6.45) is 9.25. The molecule has 2 unspecified atom stereocenters. The minimum atomic E-state index is -0.315. The number of hydrogen-bond donors (Lipinski definition) is 1. The van der Waals surface area contributed by atoms with Crippen LogP contribution in [0.1, 0.15) is 78.6 Å². The lowest BCUT2D eigenvalue weighted by atomic mass is 9.44. The Morgan fingerprint density at radius 3 is 2.56 bits per heavy atom. The van der Waals surface area contributed by atoms with Gasteiger partial charge in [-0.05, 0) is 99.7 Å². The van der Waals surface area contributed by atoms with Crippen LogP contribution in [0.4, 0.5) is 0 Å². The third-order valence-electron chi connectivity index (χ3n) is 10.9. The molecular weight excluding hydrogens is 428 g/mol.